The minimum atomic E-state index is -0.528. The number of nitrogens with zero attached hydrogens (tertiary/aromatic N) is 1. The standard InChI is InChI=1S/C53H37N/c1-5-14-37(15-6-1)39-23-26-44(27-24-39)54-45-28-30-47-46-29-25-41(38-16-7-2-8-17-38)34-49(46)53(50(47)35-45,42-20-11-4-12-21-42)43-22-13-33-52(36-43)48(31-32-51(52)54)40-18-9-3-10-19-40/h1-32,34-36H,33H2. The van der Waals surface area contributed by atoms with Crippen molar-refractivity contribution in [1.29, 1.82) is 0 Å². The van der Waals surface area contributed by atoms with Gasteiger partial charge in [0.05, 0.1) is 10.8 Å². The Morgan fingerprint density at radius 2 is 0.981 bits per heavy atom. The van der Waals surface area contributed by atoms with Crippen molar-refractivity contribution >= 4 is 16.9 Å². The van der Waals surface area contributed by atoms with Crippen LogP contribution < -0.4 is 4.90 Å². The van der Waals surface area contributed by atoms with E-state index in [0.717, 1.165) is 12.1 Å². The van der Waals surface area contributed by atoms with Crippen LogP contribution in [0.15, 0.2) is 224 Å². The van der Waals surface area contributed by atoms with Crippen LogP contribution in [0.25, 0.3) is 39.0 Å². The van der Waals surface area contributed by atoms with E-state index in [1.54, 1.807) is 0 Å². The monoisotopic (exact) mass is 687 g/mol. The summed E-state index contributed by atoms with van der Waals surface area (Å²) in [5.74, 6) is 0. The van der Waals surface area contributed by atoms with Gasteiger partial charge in [-0.3, -0.25) is 0 Å². The number of allylic oxidation sites excluding steroid dienone is 6. The van der Waals surface area contributed by atoms with Crippen molar-refractivity contribution in [2.75, 3.05) is 4.90 Å². The van der Waals surface area contributed by atoms with Gasteiger partial charge in [-0.05, 0) is 110 Å². The van der Waals surface area contributed by atoms with E-state index in [2.05, 4.69) is 217 Å². The number of fused-ring (bicyclic) bond motifs is 5. The van der Waals surface area contributed by atoms with Gasteiger partial charge in [0.15, 0.2) is 0 Å². The molecular weight excluding hydrogens is 651 g/mol. The van der Waals surface area contributed by atoms with Gasteiger partial charge in [0, 0.05) is 17.1 Å². The van der Waals surface area contributed by atoms with Gasteiger partial charge in [0.2, 0.25) is 0 Å². The Morgan fingerprint density at radius 3 is 1.67 bits per heavy atom. The Morgan fingerprint density at radius 1 is 0.444 bits per heavy atom. The van der Waals surface area contributed by atoms with Gasteiger partial charge in [-0.25, -0.2) is 0 Å². The molecule has 2 unspecified atom stereocenters. The van der Waals surface area contributed by atoms with Gasteiger partial charge in [0.1, 0.15) is 0 Å². The summed E-state index contributed by atoms with van der Waals surface area (Å²) in [6, 6.07) is 67.3. The molecule has 254 valence electrons. The lowest BCUT2D eigenvalue weighted by Gasteiger charge is -2.42. The summed E-state index contributed by atoms with van der Waals surface area (Å²) >= 11 is 0. The topological polar surface area (TPSA) is 3.24 Å². The van der Waals surface area contributed by atoms with Crippen molar-refractivity contribution in [3.63, 3.8) is 0 Å². The summed E-state index contributed by atoms with van der Waals surface area (Å²) in [5, 5.41) is 0. The number of anilines is 2. The third-order valence-corrected chi connectivity index (χ3v) is 12.2. The first-order valence-electron chi connectivity index (χ1n) is 19.0. The van der Waals surface area contributed by atoms with Crippen molar-refractivity contribution in [3.05, 3.63) is 246 Å². The zero-order chi connectivity index (χ0) is 35.7. The molecule has 1 heterocycles. The second kappa shape index (κ2) is 11.9. The van der Waals surface area contributed by atoms with Crippen LogP contribution in [0.4, 0.5) is 11.4 Å². The van der Waals surface area contributed by atoms with Gasteiger partial charge in [-0.15, -0.1) is 0 Å². The first kappa shape index (κ1) is 30.9. The van der Waals surface area contributed by atoms with Crippen LogP contribution in [0.1, 0.15) is 28.7 Å². The zero-order valence-electron chi connectivity index (χ0n) is 29.9. The molecule has 4 bridgehead atoms. The zero-order valence-corrected chi connectivity index (χ0v) is 29.9. The molecule has 1 spiro atoms. The summed E-state index contributed by atoms with van der Waals surface area (Å²) in [6.07, 6.45) is 13.2. The third-order valence-electron chi connectivity index (χ3n) is 12.2. The molecule has 1 heteroatoms. The first-order valence-corrected chi connectivity index (χ1v) is 19.0. The van der Waals surface area contributed by atoms with Crippen LogP contribution in [0, 0.1) is 5.41 Å². The molecule has 7 aromatic rings. The largest absolute Gasteiger partial charge is 0.313 e. The number of benzene rings is 7. The Labute approximate surface area is 317 Å². The second-order valence-electron chi connectivity index (χ2n) is 14.9. The molecule has 0 amide bonds. The minimum absolute atomic E-state index is 0.405. The SMILES string of the molecule is C1=CC2=CC3(C1)C(c1ccccc1)=CC=C3N(c1ccc(-c3ccccc3)cc1)c1ccc3c(c1)C2(c1ccccc1)c1cc(-c2ccccc2)ccc1-3. The van der Waals surface area contributed by atoms with E-state index < -0.39 is 10.8 Å². The van der Waals surface area contributed by atoms with Gasteiger partial charge in [-0.2, -0.15) is 0 Å². The molecule has 11 rings (SSSR count). The minimum Gasteiger partial charge on any atom is -0.313 e. The molecule has 54 heavy (non-hydrogen) atoms. The number of rotatable bonds is 5. The molecular formula is C53H37N. The Balaban J connectivity index is 1.22. The third kappa shape index (κ3) is 4.39. The van der Waals surface area contributed by atoms with Gasteiger partial charge >= 0.3 is 0 Å². The molecule has 3 aliphatic carbocycles. The molecule has 0 radical (unpaired) electrons. The van der Waals surface area contributed by atoms with Crippen LogP contribution in [0.5, 0.6) is 0 Å². The Hall–Kier alpha value is -6.70. The summed E-state index contributed by atoms with van der Waals surface area (Å²) in [7, 11) is 0. The molecule has 0 N–H and O–H groups in total. The van der Waals surface area contributed by atoms with Crippen LogP contribution in [0.3, 0.4) is 0 Å². The Kier molecular flexibility index (Phi) is 6.81. The fraction of sp³-hybridized carbons (Fsp3) is 0.0566. The van der Waals surface area contributed by atoms with Crippen molar-refractivity contribution in [1.82, 2.24) is 0 Å². The number of hydrogen-bond acceptors (Lipinski definition) is 1. The molecule has 7 aromatic carbocycles. The van der Waals surface area contributed by atoms with Crippen molar-refractivity contribution in [3.8, 4) is 33.4 Å². The van der Waals surface area contributed by atoms with E-state index in [-0.39, 0.29) is 0 Å². The lowest BCUT2D eigenvalue weighted by Crippen LogP contribution is -2.34. The molecule has 0 saturated heterocycles. The predicted molar refractivity (Wildman–Crippen MR) is 224 cm³/mol. The lowest BCUT2D eigenvalue weighted by molar-refractivity contribution is 0.590. The molecule has 0 fully saturated rings. The summed E-state index contributed by atoms with van der Waals surface area (Å²) in [5.41, 5.74) is 18.0. The van der Waals surface area contributed by atoms with E-state index in [0.29, 0.717) is 0 Å². The second-order valence-corrected chi connectivity index (χ2v) is 14.9. The van der Waals surface area contributed by atoms with E-state index in [9.17, 15) is 0 Å². The molecule has 0 saturated carbocycles. The van der Waals surface area contributed by atoms with Crippen LogP contribution in [0.2, 0.25) is 0 Å². The number of hydrogen-bond donors (Lipinski definition) is 0. The van der Waals surface area contributed by atoms with Crippen LogP contribution >= 0.6 is 0 Å². The lowest BCUT2D eigenvalue weighted by atomic mass is 9.62. The van der Waals surface area contributed by atoms with Crippen LogP contribution in [-0.4, -0.2) is 0 Å². The summed E-state index contributed by atoms with van der Waals surface area (Å²) < 4.78 is 0. The molecule has 1 nitrogen and oxygen atoms in total. The van der Waals surface area contributed by atoms with Gasteiger partial charge < -0.3 is 4.90 Å². The van der Waals surface area contributed by atoms with Crippen molar-refractivity contribution in [2.24, 2.45) is 5.41 Å². The fourth-order valence-electron chi connectivity index (χ4n) is 9.79. The highest BCUT2D eigenvalue weighted by Crippen LogP contribution is 2.63. The maximum absolute atomic E-state index is 2.65. The van der Waals surface area contributed by atoms with Crippen molar-refractivity contribution in [2.45, 2.75) is 11.8 Å². The molecule has 2 atom stereocenters. The maximum Gasteiger partial charge on any atom is 0.0711 e. The average Bonchev–Trinajstić information content (AvgIpc) is 3.74. The van der Waals surface area contributed by atoms with E-state index in [1.807, 2.05) is 0 Å². The quantitative estimate of drug-likeness (QED) is 0.174. The maximum atomic E-state index is 2.65. The highest BCUT2D eigenvalue weighted by atomic mass is 15.2. The van der Waals surface area contributed by atoms with Gasteiger partial charge in [0.25, 0.3) is 0 Å². The highest BCUT2D eigenvalue weighted by Gasteiger charge is 2.52. The summed E-state index contributed by atoms with van der Waals surface area (Å²) in [4.78, 5) is 2.54. The first-order chi connectivity index (χ1) is 26.7. The van der Waals surface area contributed by atoms with E-state index >= 15 is 0 Å². The van der Waals surface area contributed by atoms with E-state index in [1.165, 1.54) is 78.2 Å². The normalized spacial score (nSPS) is 20.1. The highest BCUT2D eigenvalue weighted by molar-refractivity contribution is 5.94. The van der Waals surface area contributed by atoms with Crippen molar-refractivity contribution < 1.29 is 0 Å². The van der Waals surface area contributed by atoms with Gasteiger partial charge in [-0.1, -0.05) is 176 Å². The van der Waals surface area contributed by atoms with E-state index in [4.69, 9.17) is 0 Å². The summed E-state index contributed by atoms with van der Waals surface area (Å²) in [6.45, 7) is 0. The molecule has 0 aromatic heterocycles. The Bertz CT molecular complexity index is 2700. The molecule has 1 aliphatic heterocycles. The molecule has 4 aliphatic rings. The smallest absolute Gasteiger partial charge is 0.0711 e. The van der Waals surface area contributed by atoms with Crippen LogP contribution in [-0.2, 0) is 5.41 Å². The fourth-order valence-corrected chi connectivity index (χ4v) is 9.79. The predicted octanol–water partition coefficient (Wildman–Crippen LogP) is 13.3. The average molecular weight is 688 g/mol.